The van der Waals surface area contributed by atoms with Crippen molar-refractivity contribution < 1.29 is 4.39 Å². The van der Waals surface area contributed by atoms with E-state index in [1.807, 2.05) is 19.1 Å². The fraction of sp³-hybridized carbons (Fsp3) is 0.227. The molecule has 3 nitrogen and oxygen atoms in total. The van der Waals surface area contributed by atoms with Crippen LogP contribution in [0.25, 0.3) is 16.2 Å². The highest BCUT2D eigenvalue weighted by molar-refractivity contribution is 7.17. The van der Waals surface area contributed by atoms with E-state index in [0.29, 0.717) is 11.3 Å². The van der Waals surface area contributed by atoms with E-state index in [9.17, 15) is 4.39 Å². The minimum atomic E-state index is -0.250. The summed E-state index contributed by atoms with van der Waals surface area (Å²) < 4.78 is 16.9. The van der Waals surface area contributed by atoms with Crippen LogP contribution in [-0.4, -0.2) is 9.38 Å². The zero-order chi connectivity index (χ0) is 19.3. The predicted molar refractivity (Wildman–Crippen MR) is 112 cm³/mol. The second-order valence-electron chi connectivity index (χ2n) is 6.99. The topological polar surface area (TPSA) is 29.3 Å². The molecule has 0 amide bonds. The van der Waals surface area contributed by atoms with E-state index >= 15 is 0 Å². The number of nitrogens with one attached hydrogen (secondary N) is 1. The van der Waals surface area contributed by atoms with Crippen LogP contribution >= 0.6 is 11.3 Å². The number of benzene rings is 2. The lowest BCUT2D eigenvalue weighted by Gasteiger charge is -2.15. The summed E-state index contributed by atoms with van der Waals surface area (Å²) >= 11 is 1.63. The van der Waals surface area contributed by atoms with Gasteiger partial charge in [-0.15, -0.1) is 11.3 Å². The maximum atomic E-state index is 14.8. The van der Waals surface area contributed by atoms with Crippen molar-refractivity contribution in [3.8, 4) is 11.3 Å². The molecule has 2 aromatic carbocycles. The molecule has 2 heterocycles. The van der Waals surface area contributed by atoms with Crippen molar-refractivity contribution in [1.29, 1.82) is 0 Å². The standard InChI is InChI=1S/C22H22FN3S/c1-12-8-7-11-17(23)18(12)20-21(24-19-13(2)9-6-10-14(19)3)26-15(4)16(5)27-22(26)25-20/h6-11,24H,1-5H3. The van der Waals surface area contributed by atoms with E-state index in [-0.39, 0.29) is 5.82 Å². The van der Waals surface area contributed by atoms with Gasteiger partial charge in [0.15, 0.2) is 4.96 Å². The van der Waals surface area contributed by atoms with Crippen molar-refractivity contribution >= 4 is 27.8 Å². The van der Waals surface area contributed by atoms with E-state index < -0.39 is 0 Å². The first-order valence-corrected chi connectivity index (χ1v) is 9.77. The molecular formula is C22H22FN3S. The number of thiazole rings is 1. The summed E-state index contributed by atoms with van der Waals surface area (Å²) in [6, 6.07) is 11.4. The zero-order valence-corrected chi connectivity index (χ0v) is 17.0. The molecule has 0 aliphatic heterocycles. The highest BCUT2D eigenvalue weighted by Gasteiger charge is 2.23. The minimum Gasteiger partial charge on any atom is -0.339 e. The molecule has 0 bridgehead atoms. The number of hydrogen-bond donors (Lipinski definition) is 1. The van der Waals surface area contributed by atoms with Crippen molar-refractivity contribution in [2.24, 2.45) is 0 Å². The molecule has 0 saturated heterocycles. The average molecular weight is 380 g/mol. The Morgan fingerprint density at radius 2 is 1.56 bits per heavy atom. The number of hydrogen-bond acceptors (Lipinski definition) is 3. The lowest BCUT2D eigenvalue weighted by Crippen LogP contribution is -2.02. The smallest absolute Gasteiger partial charge is 0.196 e. The van der Waals surface area contributed by atoms with E-state index in [1.54, 1.807) is 17.4 Å². The molecule has 0 spiro atoms. The van der Waals surface area contributed by atoms with Crippen LogP contribution in [0.2, 0.25) is 0 Å². The first-order valence-electron chi connectivity index (χ1n) is 8.95. The molecule has 0 saturated carbocycles. The van der Waals surface area contributed by atoms with Crippen LogP contribution in [0.5, 0.6) is 0 Å². The minimum absolute atomic E-state index is 0.250. The number of aryl methyl sites for hydroxylation is 5. The van der Waals surface area contributed by atoms with Gasteiger partial charge in [0.1, 0.15) is 17.3 Å². The molecule has 0 unspecified atom stereocenters. The third kappa shape index (κ3) is 2.82. The molecular weight excluding hydrogens is 357 g/mol. The van der Waals surface area contributed by atoms with Gasteiger partial charge in [-0.05, 0) is 57.4 Å². The van der Waals surface area contributed by atoms with E-state index in [4.69, 9.17) is 4.98 Å². The molecule has 0 radical (unpaired) electrons. The fourth-order valence-corrected chi connectivity index (χ4v) is 4.47. The van der Waals surface area contributed by atoms with Gasteiger partial charge in [0, 0.05) is 21.8 Å². The first-order chi connectivity index (χ1) is 12.9. The van der Waals surface area contributed by atoms with Gasteiger partial charge in [-0.2, -0.15) is 0 Å². The van der Waals surface area contributed by atoms with Crippen LogP contribution in [-0.2, 0) is 0 Å². The Morgan fingerprint density at radius 1 is 0.926 bits per heavy atom. The molecule has 0 aliphatic rings. The van der Waals surface area contributed by atoms with Crippen LogP contribution < -0.4 is 5.32 Å². The molecule has 4 rings (SSSR count). The molecule has 0 atom stereocenters. The van der Waals surface area contributed by atoms with Crippen LogP contribution in [0.4, 0.5) is 15.9 Å². The molecule has 138 valence electrons. The molecule has 4 aromatic rings. The number of fused-ring (bicyclic) bond motifs is 1. The number of rotatable bonds is 3. The maximum absolute atomic E-state index is 14.8. The Hall–Kier alpha value is -2.66. The maximum Gasteiger partial charge on any atom is 0.196 e. The van der Waals surface area contributed by atoms with Gasteiger partial charge in [-0.25, -0.2) is 9.37 Å². The van der Waals surface area contributed by atoms with Gasteiger partial charge in [0.05, 0.1) is 0 Å². The number of halogens is 1. The lowest BCUT2D eigenvalue weighted by molar-refractivity contribution is 0.630. The largest absolute Gasteiger partial charge is 0.339 e. The number of para-hydroxylation sites is 1. The number of nitrogens with zero attached hydrogens (tertiary/aromatic N) is 2. The second-order valence-corrected chi connectivity index (χ2v) is 8.18. The Kier molecular flexibility index (Phi) is 4.27. The summed E-state index contributed by atoms with van der Waals surface area (Å²) in [6.45, 7) is 10.2. The van der Waals surface area contributed by atoms with E-state index in [0.717, 1.165) is 38.9 Å². The van der Waals surface area contributed by atoms with Gasteiger partial charge in [0.2, 0.25) is 0 Å². The van der Waals surface area contributed by atoms with Gasteiger partial charge < -0.3 is 5.32 Å². The zero-order valence-electron chi connectivity index (χ0n) is 16.1. The van der Waals surface area contributed by atoms with Crippen molar-refractivity contribution in [2.75, 3.05) is 5.32 Å². The van der Waals surface area contributed by atoms with Crippen LogP contribution in [0, 0.1) is 40.4 Å². The summed E-state index contributed by atoms with van der Waals surface area (Å²) in [6.07, 6.45) is 0. The number of imidazole rings is 1. The van der Waals surface area contributed by atoms with Gasteiger partial charge in [-0.3, -0.25) is 4.40 Å². The molecule has 27 heavy (non-hydrogen) atoms. The quantitative estimate of drug-likeness (QED) is 0.441. The van der Waals surface area contributed by atoms with Crippen molar-refractivity contribution in [2.45, 2.75) is 34.6 Å². The molecule has 5 heteroatoms. The number of aromatic nitrogens is 2. The van der Waals surface area contributed by atoms with Crippen LogP contribution in [0.3, 0.4) is 0 Å². The Labute approximate surface area is 162 Å². The van der Waals surface area contributed by atoms with Crippen molar-refractivity contribution in [3.05, 3.63) is 69.5 Å². The van der Waals surface area contributed by atoms with Crippen molar-refractivity contribution in [3.63, 3.8) is 0 Å². The van der Waals surface area contributed by atoms with Crippen LogP contribution in [0.1, 0.15) is 27.3 Å². The Morgan fingerprint density at radius 3 is 2.22 bits per heavy atom. The van der Waals surface area contributed by atoms with E-state index in [1.165, 1.54) is 10.9 Å². The predicted octanol–water partition coefficient (Wildman–Crippen LogP) is 6.49. The third-order valence-corrected chi connectivity index (χ3v) is 6.18. The highest BCUT2D eigenvalue weighted by Crippen LogP contribution is 2.39. The Bertz CT molecular complexity index is 1130. The SMILES string of the molecule is Cc1cccc(C)c1Nc1c(-c2c(C)cccc2F)nc2sc(C)c(C)n12. The fourth-order valence-electron chi connectivity index (χ4n) is 3.50. The third-order valence-electron chi connectivity index (χ3n) is 5.12. The highest BCUT2D eigenvalue weighted by atomic mass is 32.1. The summed E-state index contributed by atoms with van der Waals surface area (Å²) in [4.78, 5) is 6.90. The average Bonchev–Trinajstić information content (AvgIpc) is 3.08. The molecule has 2 aromatic heterocycles. The van der Waals surface area contributed by atoms with Crippen molar-refractivity contribution in [1.82, 2.24) is 9.38 Å². The normalized spacial score (nSPS) is 11.3. The monoisotopic (exact) mass is 379 g/mol. The van der Waals surface area contributed by atoms with Crippen LogP contribution in [0.15, 0.2) is 36.4 Å². The summed E-state index contributed by atoms with van der Waals surface area (Å²) in [5.41, 5.74) is 6.53. The number of anilines is 2. The first kappa shape index (κ1) is 17.7. The summed E-state index contributed by atoms with van der Waals surface area (Å²) in [7, 11) is 0. The van der Waals surface area contributed by atoms with Gasteiger partial charge >= 0.3 is 0 Å². The lowest BCUT2D eigenvalue weighted by atomic mass is 10.0. The summed E-state index contributed by atoms with van der Waals surface area (Å²) in [5, 5.41) is 3.58. The molecule has 0 aliphatic carbocycles. The van der Waals surface area contributed by atoms with Gasteiger partial charge in [-0.1, -0.05) is 30.3 Å². The molecule has 0 fully saturated rings. The second kappa shape index (κ2) is 6.50. The Balaban J connectivity index is 2.02. The molecule has 1 N–H and O–H groups in total. The van der Waals surface area contributed by atoms with Gasteiger partial charge in [0.25, 0.3) is 0 Å². The van der Waals surface area contributed by atoms with E-state index in [2.05, 4.69) is 49.5 Å². The summed E-state index contributed by atoms with van der Waals surface area (Å²) in [5.74, 6) is 0.567.